The maximum Gasteiger partial charge on any atom is 0.419 e. The zero-order chi connectivity index (χ0) is 7.07. The summed E-state index contributed by atoms with van der Waals surface area (Å²) >= 11 is 0. The second-order valence-electron chi connectivity index (χ2n) is 1.57. The molecular weight excluding hydrogens is 141 g/mol. The summed E-state index contributed by atoms with van der Waals surface area (Å²) in [5, 5.41) is 7.61. The SMILES string of the molecule is OOC1OC1C(F)(F)F. The van der Waals surface area contributed by atoms with Crippen molar-refractivity contribution in [2.45, 2.75) is 18.6 Å². The first-order chi connectivity index (χ1) is 4.05. The predicted molar refractivity (Wildman–Crippen MR) is 18.4 cm³/mol. The summed E-state index contributed by atoms with van der Waals surface area (Å²) < 4.78 is 37.9. The molecule has 0 aromatic carbocycles. The van der Waals surface area contributed by atoms with Crippen molar-refractivity contribution in [2.24, 2.45) is 0 Å². The van der Waals surface area contributed by atoms with Gasteiger partial charge in [0, 0.05) is 0 Å². The average molecular weight is 144 g/mol. The molecule has 2 atom stereocenters. The van der Waals surface area contributed by atoms with Gasteiger partial charge in [-0.05, 0) is 0 Å². The maximum absolute atomic E-state index is 11.4. The van der Waals surface area contributed by atoms with Gasteiger partial charge in [-0.2, -0.15) is 13.2 Å². The first kappa shape index (κ1) is 6.79. The second-order valence-corrected chi connectivity index (χ2v) is 1.57. The lowest BCUT2D eigenvalue weighted by atomic mass is 10.4. The normalized spacial score (nSPS) is 34.7. The Morgan fingerprint density at radius 3 is 2.11 bits per heavy atom. The molecule has 0 saturated carbocycles. The van der Waals surface area contributed by atoms with E-state index in [1.165, 1.54) is 0 Å². The third-order valence-corrected chi connectivity index (χ3v) is 0.878. The van der Waals surface area contributed by atoms with E-state index < -0.39 is 18.6 Å². The molecule has 1 aliphatic heterocycles. The fraction of sp³-hybridized carbons (Fsp3) is 1.00. The van der Waals surface area contributed by atoms with Gasteiger partial charge < -0.3 is 4.74 Å². The number of hydrogen-bond acceptors (Lipinski definition) is 3. The molecule has 0 aromatic heterocycles. The molecule has 0 aliphatic carbocycles. The van der Waals surface area contributed by atoms with Gasteiger partial charge in [-0.3, -0.25) is 0 Å². The van der Waals surface area contributed by atoms with Crippen LogP contribution in [0.1, 0.15) is 0 Å². The summed E-state index contributed by atoms with van der Waals surface area (Å²) in [6.45, 7) is 0. The summed E-state index contributed by atoms with van der Waals surface area (Å²) in [6.07, 6.45) is -7.87. The molecule has 0 amide bonds. The third-order valence-electron chi connectivity index (χ3n) is 0.878. The Morgan fingerprint density at radius 2 is 2.00 bits per heavy atom. The lowest BCUT2D eigenvalue weighted by Gasteiger charge is -1.97. The Hall–Kier alpha value is -0.330. The molecule has 1 rings (SSSR count). The number of hydrogen-bond donors (Lipinski definition) is 1. The van der Waals surface area contributed by atoms with E-state index in [0.29, 0.717) is 0 Å². The van der Waals surface area contributed by atoms with Crippen molar-refractivity contribution in [1.29, 1.82) is 0 Å². The van der Waals surface area contributed by atoms with Crippen LogP contribution >= 0.6 is 0 Å². The van der Waals surface area contributed by atoms with Crippen LogP contribution in [0, 0.1) is 0 Å². The Balaban J connectivity index is 2.33. The molecule has 54 valence electrons. The molecule has 1 fully saturated rings. The van der Waals surface area contributed by atoms with Gasteiger partial charge in [0.2, 0.25) is 12.4 Å². The van der Waals surface area contributed by atoms with E-state index in [2.05, 4.69) is 9.62 Å². The lowest BCUT2D eigenvalue weighted by molar-refractivity contribution is -0.276. The molecule has 0 spiro atoms. The maximum atomic E-state index is 11.4. The molecule has 1 N–H and O–H groups in total. The highest BCUT2D eigenvalue weighted by Gasteiger charge is 2.59. The highest BCUT2D eigenvalue weighted by atomic mass is 19.4. The molecule has 1 saturated heterocycles. The second kappa shape index (κ2) is 1.83. The summed E-state index contributed by atoms with van der Waals surface area (Å²) in [6, 6.07) is 0. The number of halogens is 3. The fourth-order valence-corrected chi connectivity index (χ4v) is 0.411. The van der Waals surface area contributed by atoms with E-state index >= 15 is 0 Å². The number of ether oxygens (including phenoxy) is 1. The van der Waals surface area contributed by atoms with Gasteiger partial charge in [-0.15, -0.1) is 0 Å². The Morgan fingerprint density at radius 1 is 1.44 bits per heavy atom. The van der Waals surface area contributed by atoms with E-state index in [4.69, 9.17) is 5.26 Å². The summed E-state index contributed by atoms with van der Waals surface area (Å²) in [5.41, 5.74) is 0. The lowest BCUT2D eigenvalue weighted by Crippen LogP contribution is -2.19. The van der Waals surface area contributed by atoms with E-state index in [1.807, 2.05) is 0 Å². The van der Waals surface area contributed by atoms with Crippen molar-refractivity contribution in [2.75, 3.05) is 0 Å². The Bertz CT molecular complexity index is 111. The minimum absolute atomic E-state index is 1.51. The zero-order valence-corrected chi connectivity index (χ0v) is 4.05. The molecule has 0 bridgehead atoms. The van der Waals surface area contributed by atoms with E-state index in [1.54, 1.807) is 0 Å². The Labute approximate surface area is 47.9 Å². The summed E-state index contributed by atoms with van der Waals surface area (Å²) in [4.78, 5) is 3.26. The van der Waals surface area contributed by atoms with Crippen molar-refractivity contribution in [3.05, 3.63) is 0 Å². The predicted octanol–water partition coefficient (Wildman–Crippen LogP) is 0.763. The van der Waals surface area contributed by atoms with E-state index in [9.17, 15) is 13.2 Å². The van der Waals surface area contributed by atoms with Crippen molar-refractivity contribution in [1.82, 2.24) is 0 Å². The first-order valence-corrected chi connectivity index (χ1v) is 2.08. The van der Waals surface area contributed by atoms with E-state index in [0.717, 1.165) is 0 Å². The topological polar surface area (TPSA) is 42.0 Å². The van der Waals surface area contributed by atoms with Gasteiger partial charge in [0.05, 0.1) is 0 Å². The van der Waals surface area contributed by atoms with Crippen LogP contribution in [0.3, 0.4) is 0 Å². The van der Waals surface area contributed by atoms with Gasteiger partial charge in [-0.25, -0.2) is 10.1 Å². The van der Waals surface area contributed by atoms with Crippen LogP contribution in [-0.4, -0.2) is 23.8 Å². The molecule has 1 aliphatic rings. The van der Waals surface area contributed by atoms with Crippen LogP contribution in [0.4, 0.5) is 13.2 Å². The van der Waals surface area contributed by atoms with Gasteiger partial charge in [0.1, 0.15) is 0 Å². The summed E-state index contributed by atoms with van der Waals surface area (Å²) in [5.74, 6) is 0. The van der Waals surface area contributed by atoms with Crippen LogP contribution in [0.15, 0.2) is 0 Å². The zero-order valence-electron chi connectivity index (χ0n) is 4.05. The monoisotopic (exact) mass is 144 g/mol. The smallest absolute Gasteiger partial charge is 0.329 e. The molecule has 9 heavy (non-hydrogen) atoms. The molecule has 1 heterocycles. The number of epoxide rings is 1. The third kappa shape index (κ3) is 1.32. The van der Waals surface area contributed by atoms with E-state index in [-0.39, 0.29) is 0 Å². The average Bonchev–Trinajstić information content (AvgIpc) is 2.39. The molecule has 2 unspecified atom stereocenters. The van der Waals surface area contributed by atoms with Crippen LogP contribution in [-0.2, 0) is 9.62 Å². The van der Waals surface area contributed by atoms with Crippen LogP contribution in [0.5, 0.6) is 0 Å². The first-order valence-electron chi connectivity index (χ1n) is 2.08. The summed E-state index contributed by atoms with van der Waals surface area (Å²) in [7, 11) is 0. The van der Waals surface area contributed by atoms with Gasteiger partial charge >= 0.3 is 6.18 Å². The fourth-order valence-electron chi connectivity index (χ4n) is 0.411. The molecule has 0 aromatic rings. The number of alkyl halides is 3. The minimum Gasteiger partial charge on any atom is -0.329 e. The van der Waals surface area contributed by atoms with Gasteiger partial charge in [0.15, 0.2) is 0 Å². The highest BCUT2D eigenvalue weighted by molar-refractivity contribution is 4.83. The van der Waals surface area contributed by atoms with Crippen molar-refractivity contribution >= 4 is 0 Å². The van der Waals surface area contributed by atoms with Crippen LogP contribution in [0.25, 0.3) is 0 Å². The van der Waals surface area contributed by atoms with Gasteiger partial charge in [-0.1, -0.05) is 0 Å². The molecule has 3 nitrogen and oxygen atoms in total. The van der Waals surface area contributed by atoms with Gasteiger partial charge in [0.25, 0.3) is 0 Å². The van der Waals surface area contributed by atoms with Crippen LogP contribution < -0.4 is 0 Å². The largest absolute Gasteiger partial charge is 0.419 e. The highest BCUT2D eigenvalue weighted by Crippen LogP contribution is 2.37. The van der Waals surface area contributed by atoms with Crippen molar-refractivity contribution in [3.63, 3.8) is 0 Å². The molecular formula is C3H3F3O3. The Kier molecular flexibility index (Phi) is 1.38. The minimum atomic E-state index is -4.42. The van der Waals surface area contributed by atoms with Crippen LogP contribution in [0.2, 0.25) is 0 Å². The van der Waals surface area contributed by atoms with Crippen molar-refractivity contribution < 1.29 is 28.1 Å². The quantitative estimate of drug-likeness (QED) is 0.335. The standard InChI is InChI=1S/C3H3F3O3/c4-3(5,6)1-2(8-1)9-7/h1-2,7H. The number of rotatable bonds is 1. The molecule has 0 radical (unpaired) electrons. The molecule has 6 heteroatoms. The van der Waals surface area contributed by atoms with Crippen molar-refractivity contribution in [3.8, 4) is 0 Å².